The highest BCUT2D eigenvalue weighted by molar-refractivity contribution is 7.92. The van der Waals surface area contributed by atoms with Crippen molar-refractivity contribution in [2.24, 2.45) is 0 Å². The molecule has 1 fully saturated rings. The summed E-state index contributed by atoms with van der Waals surface area (Å²) in [5.41, 5.74) is 3.75. The minimum Gasteiger partial charge on any atom is -0.493 e. The van der Waals surface area contributed by atoms with Gasteiger partial charge in [-0.3, -0.25) is 9.62 Å². The predicted molar refractivity (Wildman–Crippen MR) is 147 cm³/mol. The van der Waals surface area contributed by atoms with Crippen LogP contribution in [-0.4, -0.2) is 63.1 Å². The van der Waals surface area contributed by atoms with E-state index in [2.05, 4.69) is 27.2 Å². The molecule has 0 bridgehead atoms. The van der Waals surface area contributed by atoms with Crippen molar-refractivity contribution in [2.75, 3.05) is 49.9 Å². The lowest BCUT2D eigenvalue weighted by Gasteiger charge is -2.26. The number of hydrogen-bond donors (Lipinski definition) is 1. The molecule has 0 amide bonds. The van der Waals surface area contributed by atoms with Gasteiger partial charge >= 0.3 is 0 Å². The van der Waals surface area contributed by atoms with Gasteiger partial charge in [-0.1, -0.05) is 25.5 Å². The number of fused-ring (bicyclic) bond motifs is 1. The fourth-order valence-electron chi connectivity index (χ4n) is 4.72. The van der Waals surface area contributed by atoms with Crippen molar-refractivity contribution in [1.82, 2.24) is 9.47 Å². The van der Waals surface area contributed by atoms with E-state index < -0.39 is 10.0 Å². The molecule has 37 heavy (non-hydrogen) atoms. The van der Waals surface area contributed by atoms with E-state index in [9.17, 15) is 13.7 Å². The monoisotopic (exact) mass is 524 g/mol. The van der Waals surface area contributed by atoms with E-state index in [-0.39, 0.29) is 5.75 Å². The molecule has 0 aliphatic carbocycles. The number of nitriles is 1. The van der Waals surface area contributed by atoms with E-state index in [0.717, 1.165) is 73.6 Å². The van der Waals surface area contributed by atoms with E-state index in [1.807, 2.05) is 37.3 Å². The van der Waals surface area contributed by atoms with Crippen LogP contribution in [0.3, 0.4) is 0 Å². The normalized spacial score (nSPS) is 14.5. The molecule has 1 aliphatic rings. The molecule has 8 nitrogen and oxygen atoms in total. The number of morpholine rings is 1. The number of sulfonamides is 1. The van der Waals surface area contributed by atoms with E-state index in [1.54, 1.807) is 12.1 Å². The van der Waals surface area contributed by atoms with Gasteiger partial charge in [-0.15, -0.1) is 0 Å². The Bertz CT molecular complexity index is 1340. The van der Waals surface area contributed by atoms with Crippen LogP contribution in [0.1, 0.15) is 38.7 Å². The molecule has 0 radical (unpaired) electrons. The lowest BCUT2D eigenvalue weighted by molar-refractivity contribution is 0.0358. The zero-order chi connectivity index (χ0) is 26.3. The third-order valence-corrected chi connectivity index (χ3v) is 8.03. The van der Waals surface area contributed by atoms with Crippen LogP contribution >= 0.6 is 0 Å². The van der Waals surface area contributed by atoms with Crippen molar-refractivity contribution < 1.29 is 17.9 Å². The molecule has 0 saturated carbocycles. The predicted octanol–water partition coefficient (Wildman–Crippen LogP) is 4.84. The smallest absolute Gasteiger partial charge is 0.232 e. The Balaban J connectivity index is 1.53. The Hall–Kier alpha value is -3.06. The maximum Gasteiger partial charge on any atom is 0.232 e. The van der Waals surface area contributed by atoms with E-state index in [4.69, 9.17) is 9.47 Å². The average Bonchev–Trinajstić information content (AvgIpc) is 3.23. The molecule has 2 heterocycles. The SMILES string of the molecule is CCCCS(=O)(=O)Nc1ccc(-c2c(C#N)c3ccc(OCCCN4CCOCC4)cc3n2CC)cc1. The van der Waals surface area contributed by atoms with Gasteiger partial charge in [-0.25, -0.2) is 8.42 Å². The summed E-state index contributed by atoms with van der Waals surface area (Å²) in [4.78, 5) is 2.39. The molecule has 1 N–H and O–H groups in total. The minimum absolute atomic E-state index is 0.103. The third kappa shape index (κ3) is 6.63. The van der Waals surface area contributed by atoms with Gasteiger partial charge in [0.1, 0.15) is 11.8 Å². The summed E-state index contributed by atoms with van der Waals surface area (Å²) in [6.07, 6.45) is 2.38. The largest absolute Gasteiger partial charge is 0.493 e. The first kappa shape index (κ1) is 27.0. The van der Waals surface area contributed by atoms with Gasteiger partial charge in [0.25, 0.3) is 0 Å². The summed E-state index contributed by atoms with van der Waals surface area (Å²) >= 11 is 0. The Morgan fingerprint density at radius 2 is 1.84 bits per heavy atom. The number of benzene rings is 2. The summed E-state index contributed by atoms with van der Waals surface area (Å²) in [5.74, 6) is 0.889. The van der Waals surface area contributed by atoms with Crippen LogP contribution < -0.4 is 9.46 Å². The lowest BCUT2D eigenvalue weighted by Crippen LogP contribution is -2.37. The first-order valence-electron chi connectivity index (χ1n) is 13.1. The molecule has 0 atom stereocenters. The number of rotatable bonds is 12. The van der Waals surface area contributed by atoms with Gasteiger partial charge in [-0.05, 0) is 49.6 Å². The van der Waals surface area contributed by atoms with E-state index in [0.29, 0.717) is 30.8 Å². The standard InChI is InChI=1S/C28H36N4O4S/c1-3-5-19-37(33,34)30-23-9-7-22(8-10-23)28-26(21-29)25-12-11-24(20-27(25)32(28)4-2)36-16-6-13-31-14-17-35-18-15-31/h7-12,20,30H,3-6,13-19H2,1-2H3. The van der Waals surface area contributed by atoms with Crippen LogP contribution in [0.15, 0.2) is 42.5 Å². The van der Waals surface area contributed by atoms with Crippen LogP contribution in [0.5, 0.6) is 5.75 Å². The molecule has 4 rings (SSSR count). The van der Waals surface area contributed by atoms with Crippen LogP contribution in [0.25, 0.3) is 22.2 Å². The van der Waals surface area contributed by atoms with Crippen molar-refractivity contribution in [3.8, 4) is 23.1 Å². The average molecular weight is 525 g/mol. The third-order valence-electron chi connectivity index (χ3n) is 6.65. The molecule has 1 aromatic heterocycles. The Morgan fingerprint density at radius 1 is 1.08 bits per heavy atom. The molecule has 1 saturated heterocycles. The summed E-state index contributed by atoms with van der Waals surface area (Å²) < 4.78 is 40.8. The Morgan fingerprint density at radius 3 is 2.51 bits per heavy atom. The van der Waals surface area contributed by atoms with Crippen molar-refractivity contribution in [3.63, 3.8) is 0 Å². The van der Waals surface area contributed by atoms with Crippen molar-refractivity contribution in [3.05, 3.63) is 48.0 Å². The number of anilines is 1. The van der Waals surface area contributed by atoms with Gasteiger partial charge in [0.05, 0.1) is 42.3 Å². The van der Waals surface area contributed by atoms with E-state index in [1.165, 1.54) is 0 Å². The highest BCUT2D eigenvalue weighted by atomic mass is 32.2. The van der Waals surface area contributed by atoms with Crippen LogP contribution in [0.2, 0.25) is 0 Å². The quantitative estimate of drug-likeness (QED) is 0.341. The van der Waals surface area contributed by atoms with Gasteiger partial charge in [0.15, 0.2) is 0 Å². The Kier molecular flexibility index (Phi) is 9.09. The van der Waals surface area contributed by atoms with Crippen LogP contribution in [0.4, 0.5) is 5.69 Å². The number of aromatic nitrogens is 1. The maximum absolute atomic E-state index is 12.3. The second kappa shape index (κ2) is 12.5. The van der Waals surface area contributed by atoms with Crippen molar-refractivity contribution in [2.45, 2.75) is 39.7 Å². The van der Waals surface area contributed by atoms with Crippen molar-refractivity contribution in [1.29, 1.82) is 5.26 Å². The molecule has 0 spiro atoms. The van der Waals surface area contributed by atoms with E-state index >= 15 is 0 Å². The van der Waals surface area contributed by atoms with Crippen LogP contribution in [-0.2, 0) is 21.3 Å². The van der Waals surface area contributed by atoms with Crippen molar-refractivity contribution >= 4 is 26.6 Å². The number of nitrogens with zero attached hydrogens (tertiary/aromatic N) is 3. The molecule has 3 aromatic rings. The van der Waals surface area contributed by atoms with Crippen LogP contribution in [0, 0.1) is 11.3 Å². The first-order chi connectivity index (χ1) is 18.0. The fraction of sp³-hybridized carbons (Fsp3) is 0.464. The van der Waals surface area contributed by atoms with Gasteiger partial charge in [0, 0.05) is 43.3 Å². The Labute approximate surface area is 219 Å². The molecule has 9 heteroatoms. The molecule has 1 aliphatic heterocycles. The highest BCUT2D eigenvalue weighted by Gasteiger charge is 2.19. The number of ether oxygens (including phenoxy) is 2. The molecule has 2 aromatic carbocycles. The van der Waals surface area contributed by atoms with Gasteiger partial charge < -0.3 is 14.0 Å². The van der Waals surface area contributed by atoms with Gasteiger partial charge in [-0.2, -0.15) is 5.26 Å². The minimum atomic E-state index is -3.37. The summed E-state index contributed by atoms with van der Waals surface area (Å²) in [6, 6.07) is 15.5. The molecule has 0 unspecified atom stereocenters. The highest BCUT2D eigenvalue weighted by Crippen LogP contribution is 2.35. The number of hydrogen-bond acceptors (Lipinski definition) is 6. The number of nitrogens with one attached hydrogen (secondary N) is 1. The lowest BCUT2D eigenvalue weighted by atomic mass is 10.1. The zero-order valence-electron chi connectivity index (χ0n) is 21.7. The first-order valence-corrected chi connectivity index (χ1v) is 14.7. The molecular formula is C28H36N4O4S. The number of aryl methyl sites for hydroxylation is 1. The number of unbranched alkanes of at least 4 members (excludes halogenated alkanes) is 1. The second-order valence-electron chi connectivity index (χ2n) is 9.27. The molecule has 198 valence electrons. The summed E-state index contributed by atoms with van der Waals surface area (Å²) in [7, 11) is -3.37. The maximum atomic E-state index is 12.3. The fourth-order valence-corrected chi connectivity index (χ4v) is 5.99. The second-order valence-corrected chi connectivity index (χ2v) is 11.1. The summed E-state index contributed by atoms with van der Waals surface area (Å²) in [5, 5.41) is 10.9. The topological polar surface area (TPSA) is 96.6 Å². The summed E-state index contributed by atoms with van der Waals surface area (Å²) in [6.45, 7) is 9.86. The van der Waals surface area contributed by atoms with Gasteiger partial charge in [0.2, 0.25) is 10.0 Å². The molecular weight excluding hydrogens is 488 g/mol. The zero-order valence-corrected chi connectivity index (χ0v) is 22.5.